The predicted molar refractivity (Wildman–Crippen MR) is 65.0 cm³/mol. The number of aryl methyl sites for hydroxylation is 2. The number of imidazole rings is 1. The third-order valence-electron chi connectivity index (χ3n) is 3.26. The molecule has 0 bridgehead atoms. The molecule has 1 aliphatic carbocycles. The number of aromatic carboxylic acids is 1. The van der Waals surface area contributed by atoms with Gasteiger partial charge in [0.2, 0.25) is 0 Å². The number of carbonyl (C=O) groups is 1. The number of carboxylic acids is 1. The van der Waals surface area contributed by atoms with Crippen LogP contribution in [0.5, 0.6) is 0 Å². The van der Waals surface area contributed by atoms with E-state index in [9.17, 15) is 9.90 Å². The average Bonchev–Trinajstić information content (AvgIpc) is 2.91. The molecule has 0 atom stereocenters. The number of rotatable bonds is 2. The molecule has 0 spiro atoms. The maximum absolute atomic E-state index is 11.3. The molecule has 5 heteroatoms. The van der Waals surface area contributed by atoms with Crippen molar-refractivity contribution in [1.29, 1.82) is 0 Å². The Balaban J connectivity index is 2.19. The van der Waals surface area contributed by atoms with Crippen LogP contribution in [-0.2, 0) is 12.8 Å². The lowest BCUT2D eigenvalue weighted by Crippen LogP contribution is -2.13. The second-order valence-corrected chi connectivity index (χ2v) is 4.45. The molecular formula is C13H13N3O2. The summed E-state index contributed by atoms with van der Waals surface area (Å²) < 4.78 is 1.65. The van der Waals surface area contributed by atoms with E-state index < -0.39 is 5.97 Å². The van der Waals surface area contributed by atoms with E-state index in [1.54, 1.807) is 29.4 Å². The van der Waals surface area contributed by atoms with Crippen LogP contribution in [0.4, 0.5) is 0 Å². The van der Waals surface area contributed by atoms with Gasteiger partial charge in [-0.25, -0.2) is 14.8 Å². The lowest BCUT2D eigenvalue weighted by molar-refractivity contribution is 0.0696. The number of carboxylic acid groups (broad SMARTS) is 1. The molecule has 3 rings (SSSR count). The Morgan fingerprint density at radius 3 is 2.89 bits per heavy atom. The van der Waals surface area contributed by atoms with Crippen LogP contribution in [0.1, 0.15) is 34.5 Å². The largest absolute Gasteiger partial charge is 0.478 e. The Bertz CT molecular complexity index is 591. The van der Waals surface area contributed by atoms with Crippen LogP contribution in [0.2, 0.25) is 0 Å². The fraction of sp³-hybridized carbons (Fsp3) is 0.308. The molecular weight excluding hydrogens is 230 g/mol. The van der Waals surface area contributed by atoms with Crippen LogP contribution in [0.25, 0.3) is 5.82 Å². The Morgan fingerprint density at radius 2 is 2.17 bits per heavy atom. The van der Waals surface area contributed by atoms with Gasteiger partial charge in [-0.05, 0) is 37.3 Å². The van der Waals surface area contributed by atoms with Gasteiger partial charge in [-0.15, -0.1) is 0 Å². The van der Waals surface area contributed by atoms with E-state index in [-0.39, 0.29) is 5.56 Å². The quantitative estimate of drug-likeness (QED) is 0.873. The Kier molecular flexibility index (Phi) is 2.59. The van der Waals surface area contributed by atoms with Gasteiger partial charge in [0.1, 0.15) is 11.9 Å². The first-order valence-electron chi connectivity index (χ1n) is 6.00. The third kappa shape index (κ3) is 1.77. The van der Waals surface area contributed by atoms with Gasteiger partial charge < -0.3 is 5.11 Å². The van der Waals surface area contributed by atoms with Crippen LogP contribution in [0, 0.1) is 0 Å². The molecule has 2 heterocycles. The lowest BCUT2D eigenvalue weighted by atomic mass is 9.94. The minimum Gasteiger partial charge on any atom is -0.478 e. The SMILES string of the molecule is O=C(O)c1cc2c(nc1-n1ccnc1)CCCC2. The number of aromatic nitrogens is 3. The molecule has 0 aliphatic heterocycles. The molecule has 0 saturated heterocycles. The summed E-state index contributed by atoms with van der Waals surface area (Å²) in [6, 6.07) is 1.76. The summed E-state index contributed by atoms with van der Waals surface area (Å²) in [5.74, 6) is -0.486. The van der Waals surface area contributed by atoms with Crippen LogP contribution < -0.4 is 0 Å². The molecule has 0 unspecified atom stereocenters. The van der Waals surface area contributed by atoms with Crippen molar-refractivity contribution in [2.24, 2.45) is 0 Å². The highest BCUT2D eigenvalue weighted by Crippen LogP contribution is 2.24. The van der Waals surface area contributed by atoms with E-state index in [0.29, 0.717) is 5.82 Å². The van der Waals surface area contributed by atoms with Gasteiger partial charge in [0, 0.05) is 18.1 Å². The number of nitrogens with zero attached hydrogens (tertiary/aromatic N) is 3. The second-order valence-electron chi connectivity index (χ2n) is 4.45. The van der Waals surface area contributed by atoms with Crippen LogP contribution in [0.3, 0.4) is 0 Å². The highest BCUT2D eigenvalue weighted by atomic mass is 16.4. The smallest absolute Gasteiger partial charge is 0.339 e. The topological polar surface area (TPSA) is 68.0 Å². The van der Waals surface area contributed by atoms with Crippen LogP contribution >= 0.6 is 0 Å². The summed E-state index contributed by atoms with van der Waals surface area (Å²) in [6.07, 6.45) is 8.98. The summed E-state index contributed by atoms with van der Waals surface area (Å²) in [4.78, 5) is 19.8. The fourth-order valence-electron chi connectivity index (χ4n) is 2.36. The molecule has 0 saturated carbocycles. The molecule has 18 heavy (non-hydrogen) atoms. The molecule has 0 fully saturated rings. The number of hydrogen-bond donors (Lipinski definition) is 1. The Hall–Kier alpha value is -2.17. The molecule has 0 aromatic carbocycles. The van der Waals surface area contributed by atoms with Gasteiger partial charge in [0.15, 0.2) is 5.82 Å². The van der Waals surface area contributed by atoms with Gasteiger partial charge in [-0.3, -0.25) is 4.57 Å². The van der Waals surface area contributed by atoms with Gasteiger partial charge in [0.25, 0.3) is 0 Å². The van der Waals surface area contributed by atoms with Crippen molar-refractivity contribution in [3.05, 3.63) is 41.6 Å². The van der Waals surface area contributed by atoms with Crippen molar-refractivity contribution in [2.75, 3.05) is 0 Å². The van der Waals surface area contributed by atoms with Gasteiger partial charge in [-0.1, -0.05) is 0 Å². The molecule has 5 nitrogen and oxygen atoms in total. The minimum absolute atomic E-state index is 0.244. The molecule has 92 valence electrons. The van der Waals surface area contributed by atoms with Gasteiger partial charge in [0.05, 0.1) is 0 Å². The lowest BCUT2D eigenvalue weighted by Gasteiger charge is -2.17. The molecule has 1 N–H and O–H groups in total. The van der Waals surface area contributed by atoms with Crippen molar-refractivity contribution in [3.8, 4) is 5.82 Å². The van der Waals surface area contributed by atoms with E-state index in [4.69, 9.17) is 0 Å². The maximum atomic E-state index is 11.3. The highest BCUT2D eigenvalue weighted by Gasteiger charge is 2.19. The summed E-state index contributed by atoms with van der Waals surface area (Å²) in [6.45, 7) is 0. The van der Waals surface area contributed by atoms with E-state index in [1.807, 2.05) is 0 Å². The predicted octanol–water partition coefficient (Wildman–Crippen LogP) is 1.84. The second kappa shape index (κ2) is 4.25. The molecule has 2 aromatic heterocycles. The van der Waals surface area contributed by atoms with Gasteiger partial charge in [-0.2, -0.15) is 0 Å². The van der Waals surface area contributed by atoms with E-state index in [0.717, 1.165) is 36.9 Å². The van der Waals surface area contributed by atoms with Gasteiger partial charge >= 0.3 is 5.97 Å². The zero-order chi connectivity index (χ0) is 12.5. The Morgan fingerprint density at radius 1 is 1.33 bits per heavy atom. The zero-order valence-electron chi connectivity index (χ0n) is 9.83. The zero-order valence-corrected chi connectivity index (χ0v) is 9.83. The van der Waals surface area contributed by atoms with Crippen LogP contribution in [0.15, 0.2) is 24.8 Å². The van der Waals surface area contributed by atoms with Crippen molar-refractivity contribution in [3.63, 3.8) is 0 Å². The maximum Gasteiger partial charge on any atom is 0.339 e. The first-order chi connectivity index (χ1) is 8.75. The third-order valence-corrected chi connectivity index (χ3v) is 3.26. The number of pyridine rings is 1. The standard InChI is InChI=1S/C13H13N3O2/c17-13(18)10-7-9-3-1-2-4-11(9)15-12(10)16-6-5-14-8-16/h5-8H,1-4H2,(H,17,18). The highest BCUT2D eigenvalue weighted by molar-refractivity contribution is 5.91. The summed E-state index contributed by atoms with van der Waals surface area (Å²) in [5, 5.41) is 9.29. The van der Waals surface area contributed by atoms with Crippen molar-refractivity contribution in [1.82, 2.24) is 14.5 Å². The normalized spacial score (nSPS) is 14.2. The van der Waals surface area contributed by atoms with Crippen LogP contribution in [-0.4, -0.2) is 25.6 Å². The Labute approximate surface area is 104 Å². The molecule has 1 aliphatic rings. The summed E-state index contributed by atoms with van der Waals surface area (Å²) >= 11 is 0. The summed E-state index contributed by atoms with van der Waals surface area (Å²) in [7, 11) is 0. The summed E-state index contributed by atoms with van der Waals surface area (Å²) in [5.41, 5.74) is 2.34. The number of fused-ring (bicyclic) bond motifs is 1. The van der Waals surface area contributed by atoms with Crippen molar-refractivity contribution in [2.45, 2.75) is 25.7 Å². The van der Waals surface area contributed by atoms with E-state index in [2.05, 4.69) is 9.97 Å². The number of hydrogen-bond acceptors (Lipinski definition) is 3. The van der Waals surface area contributed by atoms with E-state index >= 15 is 0 Å². The fourth-order valence-corrected chi connectivity index (χ4v) is 2.36. The first kappa shape index (κ1) is 11.0. The molecule has 0 amide bonds. The monoisotopic (exact) mass is 243 g/mol. The first-order valence-corrected chi connectivity index (χ1v) is 6.00. The van der Waals surface area contributed by atoms with Crippen molar-refractivity contribution < 1.29 is 9.90 Å². The minimum atomic E-state index is -0.945. The molecule has 2 aromatic rings. The average molecular weight is 243 g/mol. The molecule has 0 radical (unpaired) electrons. The van der Waals surface area contributed by atoms with E-state index in [1.165, 1.54) is 0 Å². The van der Waals surface area contributed by atoms with Crippen molar-refractivity contribution >= 4 is 5.97 Å².